The molecular formula is C111H116ClF2N5O8. The second-order valence-electron chi connectivity index (χ2n) is 37.6. The average Bonchev–Trinajstić information content (AvgIpc) is 1.68. The molecule has 13 nitrogen and oxygen atoms in total. The van der Waals surface area contributed by atoms with Crippen molar-refractivity contribution in [1.29, 1.82) is 0 Å². The molecule has 12 aromatic carbocycles. The molecule has 4 fully saturated rings. The number of halogens is 3. The number of phenolic OH excluding ortho intramolecular Hbond substituents is 6. The Morgan fingerprint density at radius 3 is 1.04 bits per heavy atom. The molecule has 0 radical (unpaired) electrons. The van der Waals surface area contributed by atoms with Crippen molar-refractivity contribution in [3.63, 3.8) is 0 Å². The maximum Gasteiger partial charge on any atom is 0.171 e. The van der Waals surface area contributed by atoms with Gasteiger partial charge in [0.25, 0.3) is 0 Å². The fourth-order valence-electron chi connectivity index (χ4n) is 20.0. The van der Waals surface area contributed by atoms with Crippen LogP contribution in [0.5, 0.6) is 34.5 Å². The van der Waals surface area contributed by atoms with Crippen molar-refractivity contribution in [2.24, 2.45) is 0 Å². The maximum absolute atomic E-state index is 14.5. The van der Waals surface area contributed by atoms with Gasteiger partial charge in [0.15, 0.2) is 23.1 Å². The van der Waals surface area contributed by atoms with Crippen LogP contribution < -0.4 is 0 Å². The lowest BCUT2D eigenvalue weighted by atomic mass is 9.91. The molecule has 10 aliphatic rings. The number of fused-ring (bicyclic) bond motifs is 18. The summed E-state index contributed by atoms with van der Waals surface area (Å²) in [6, 6.07) is 65.7. The van der Waals surface area contributed by atoms with Crippen LogP contribution in [0.25, 0.3) is 66.8 Å². The SMILES string of the molecule is Cc1ccc2c(c1)C(=O)CC(=O)c1cc(O)ccc1-2.Cc1ccc2c(c1)CN(C(C)C)Cc1cc(O)ccc1-2.Cc1ccc2c(c1)CN(C1CCC1)Cc1cc(O)c(C)cc1-2.Cc1ccc2c(c1)CN(C1CCC1)Cc1cc(O)c(Cl)cc1-2.Cc1ccc2c(c1)CN(C1CCC1)Cc1cc(O)c(F)cc1-2.Cc1ccc2c(c1)CN(C1CCC1)Cc1cc(O)cc(F)c1-2. The highest BCUT2D eigenvalue weighted by molar-refractivity contribution is 6.32. The van der Waals surface area contributed by atoms with Crippen molar-refractivity contribution in [2.75, 3.05) is 0 Å². The molecule has 0 spiro atoms. The molecule has 0 aromatic heterocycles. The van der Waals surface area contributed by atoms with Crippen molar-refractivity contribution in [1.82, 2.24) is 24.5 Å². The average molecular weight is 1720 g/mol. The van der Waals surface area contributed by atoms with E-state index in [9.17, 15) is 49.0 Å². The number of hydrogen-bond acceptors (Lipinski definition) is 13. The smallest absolute Gasteiger partial charge is 0.171 e. The van der Waals surface area contributed by atoms with Gasteiger partial charge in [-0.25, -0.2) is 8.78 Å². The summed E-state index contributed by atoms with van der Waals surface area (Å²) < 4.78 is 28.4. The lowest BCUT2D eigenvalue weighted by molar-refractivity contribution is 0.0896. The lowest BCUT2D eigenvalue weighted by Crippen LogP contribution is -2.38. The molecule has 5 aliphatic heterocycles. The first-order chi connectivity index (χ1) is 61.1. The Labute approximate surface area is 751 Å². The van der Waals surface area contributed by atoms with Gasteiger partial charge in [-0.05, 0) is 315 Å². The van der Waals surface area contributed by atoms with Gasteiger partial charge >= 0.3 is 0 Å². The van der Waals surface area contributed by atoms with E-state index in [0.717, 1.165) is 103 Å². The minimum atomic E-state index is -0.539. The van der Waals surface area contributed by atoms with Crippen molar-refractivity contribution < 1.29 is 49.0 Å². The molecule has 6 N–H and O–H groups in total. The number of Topliss-reactive ketones (excluding diaryl/α,β-unsaturated/α-hetero) is 2. The van der Waals surface area contributed by atoms with Crippen LogP contribution in [0.4, 0.5) is 8.78 Å². The van der Waals surface area contributed by atoms with E-state index in [2.05, 4.69) is 158 Å². The van der Waals surface area contributed by atoms with Gasteiger partial charge in [0.1, 0.15) is 34.6 Å². The number of ketones is 2. The van der Waals surface area contributed by atoms with Gasteiger partial charge in [0, 0.05) is 118 Å². The second kappa shape index (κ2) is 37.2. The standard InChI is InChI=1S/C20H23NO.C19H20ClNO.2C19H20FNO.C18H21NO.C16H12O3/c1-13-6-7-18-15(8-13)11-21(17-4-3-5-17)12-16-10-20(22)14(2)9-19(16)18;1-12-5-6-16-13(7-12)10-21(15-3-2-4-15)11-14-8-19(22)18(20)9-17(14)16;1-12-5-6-17-13(7-12)10-21(15-3-2-4-15)11-14-8-16(22)9-18(20)19(14)17;1-12-5-6-16-13(7-12)10-21(15-3-2-4-15)11-14-8-19(22)18(20)9-17(14)16;1-12(2)19-10-14-8-13(3)4-6-17(14)18-7-5-16(20)9-15(18)11-19;1-9-2-4-11-12-5-3-10(17)7-14(12)16(19)8-15(18)13(11)6-9/h6-10,17,22H,3-5,11-12H2,1-2H3;3*5-9,15,22H,2-4,10-11H2,1H3;4-9,12,20H,10-11H2,1-3H3;2-7,17H,8H2,1H3. The van der Waals surface area contributed by atoms with Crippen LogP contribution in [-0.4, -0.2) is 96.9 Å². The Balaban J connectivity index is 0.000000107. The zero-order valence-corrected chi connectivity index (χ0v) is 75.3. The van der Waals surface area contributed by atoms with E-state index in [1.165, 1.54) is 207 Å². The quantitative estimate of drug-likeness (QED) is 0.0901. The summed E-state index contributed by atoms with van der Waals surface area (Å²) in [5, 5.41) is 59.4. The van der Waals surface area contributed by atoms with Gasteiger partial charge in [-0.15, -0.1) is 0 Å². The molecule has 22 rings (SSSR count). The molecule has 0 atom stereocenters. The third-order valence-corrected chi connectivity index (χ3v) is 28.3. The highest BCUT2D eigenvalue weighted by Crippen LogP contribution is 2.47. The van der Waals surface area contributed by atoms with Crippen LogP contribution in [0.3, 0.4) is 0 Å². The van der Waals surface area contributed by atoms with Crippen molar-refractivity contribution in [2.45, 2.75) is 241 Å². The topological polar surface area (TPSA) is 172 Å². The first kappa shape index (κ1) is 87.8. The van der Waals surface area contributed by atoms with Crippen LogP contribution in [0, 0.1) is 60.1 Å². The van der Waals surface area contributed by atoms with E-state index in [0.29, 0.717) is 75.5 Å². The number of rotatable bonds is 5. The molecule has 5 aliphatic carbocycles. The molecule has 127 heavy (non-hydrogen) atoms. The predicted octanol–water partition coefficient (Wildman–Crippen LogP) is 25.4. The summed E-state index contributed by atoms with van der Waals surface area (Å²) in [7, 11) is 0. The molecule has 0 unspecified atom stereocenters. The van der Waals surface area contributed by atoms with Gasteiger partial charge in [-0.2, -0.15) is 0 Å². The molecule has 4 saturated carbocycles. The van der Waals surface area contributed by atoms with Gasteiger partial charge in [-0.1, -0.05) is 180 Å². The number of aryl methyl sites for hydroxylation is 7. The number of carbonyl (C=O) groups excluding carboxylic acids is 2. The van der Waals surface area contributed by atoms with Crippen molar-refractivity contribution in [3.8, 4) is 101 Å². The van der Waals surface area contributed by atoms with Crippen LogP contribution in [0.15, 0.2) is 194 Å². The summed E-state index contributed by atoms with van der Waals surface area (Å²) in [5.74, 6) is -0.518. The lowest BCUT2D eigenvalue weighted by Gasteiger charge is -2.37. The van der Waals surface area contributed by atoms with Gasteiger partial charge < -0.3 is 30.6 Å². The summed E-state index contributed by atoms with van der Waals surface area (Å²) in [5.41, 5.74) is 34.2. The zero-order chi connectivity index (χ0) is 88.9. The molecule has 0 saturated heterocycles. The highest BCUT2D eigenvalue weighted by atomic mass is 35.5. The van der Waals surface area contributed by atoms with E-state index < -0.39 is 5.82 Å². The number of nitrogens with zero attached hydrogens (tertiary/aromatic N) is 5. The zero-order valence-electron chi connectivity index (χ0n) is 74.5. The van der Waals surface area contributed by atoms with Crippen LogP contribution in [-0.2, 0) is 65.4 Å². The summed E-state index contributed by atoms with van der Waals surface area (Å²) in [6.45, 7) is 27.9. The normalized spacial score (nSPS) is 17.0. The Morgan fingerprint density at radius 2 is 0.606 bits per heavy atom. The molecular weight excluding hydrogens is 1600 g/mol. The van der Waals surface area contributed by atoms with Gasteiger partial charge in [-0.3, -0.25) is 34.1 Å². The van der Waals surface area contributed by atoms with Gasteiger partial charge in [0.05, 0.1) is 11.4 Å². The number of carbonyl (C=O) groups is 2. The van der Waals surface area contributed by atoms with Crippen molar-refractivity contribution >= 4 is 23.2 Å². The van der Waals surface area contributed by atoms with Gasteiger partial charge in [0.2, 0.25) is 0 Å². The summed E-state index contributed by atoms with van der Waals surface area (Å²) in [4.78, 5) is 36.7. The number of aromatic hydroxyl groups is 6. The molecule has 654 valence electrons. The Hall–Kier alpha value is -11.3. The highest BCUT2D eigenvalue weighted by Gasteiger charge is 2.36. The first-order valence-corrected chi connectivity index (χ1v) is 45.8. The van der Waals surface area contributed by atoms with Crippen LogP contribution in [0.1, 0.15) is 213 Å². The molecule has 12 aromatic rings. The summed E-state index contributed by atoms with van der Waals surface area (Å²) >= 11 is 6.17. The van der Waals surface area contributed by atoms with E-state index in [1.807, 2.05) is 74.5 Å². The second-order valence-corrected chi connectivity index (χ2v) is 38.0. The Kier molecular flexibility index (Phi) is 25.7. The maximum atomic E-state index is 14.5. The molecule has 16 heteroatoms. The monoisotopic (exact) mass is 1720 g/mol. The predicted molar refractivity (Wildman–Crippen MR) is 505 cm³/mol. The third kappa shape index (κ3) is 19.0. The van der Waals surface area contributed by atoms with E-state index in [1.54, 1.807) is 24.3 Å². The third-order valence-electron chi connectivity index (χ3n) is 28.0. The minimum Gasteiger partial charge on any atom is -0.508 e. The fraction of sp³-hybridized carbons (Fsp3) is 0.333. The fourth-order valence-corrected chi connectivity index (χ4v) is 20.2. The van der Waals surface area contributed by atoms with Crippen molar-refractivity contribution in [3.05, 3.63) is 316 Å². The first-order valence-electron chi connectivity index (χ1n) is 45.5. The number of benzene rings is 12. The molecule has 5 heterocycles. The van der Waals surface area contributed by atoms with E-state index >= 15 is 0 Å². The van der Waals surface area contributed by atoms with E-state index in [-0.39, 0.29) is 46.8 Å². The number of hydrogen-bond donors (Lipinski definition) is 6. The minimum absolute atomic E-state index is 0.0142. The molecule has 0 amide bonds. The Bertz CT molecular complexity index is 5820. The summed E-state index contributed by atoms with van der Waals surface area (Å²) in [6.07, 6.45) is 15.2. The molecule has 0 bridgehead atoms. The van der Waals surface area contributed by atoms with Crippen LogP contribution in [0.2, 0.25) is 5.02 Å². The van der Waals surface area contributed by atoms with E-state index in [4.69, 9.17) is 11.6 Å². The number of phenols is 6. The Morgan fingerprint density at radius 1 is 0.291 bits per heavy atom. The largest absolute Gasteiger partial charge is 0.508 e. The van der Waals surface area contributed by atoms with Crippen LogP contribution >= 0.6 is 11.6 Å².